The van der Waals surface area contributed by atoms with E-state index < -0.39 is 0 Å². The average molecular weight is 244 g/mol. The normalized spacial score (nSPS) is 19.5. The fraction of sp³-hybridized carbons (Fsp3) is 0.500. The van der Waals surface area contributed by atoms with Gasteiger partial charge in [0.1, 0.15) is 11.5 Å². The maximum absolute atomic E-state index is 4.35. The summed E-state index contributed by atoms with van der Waals surface area (Å²) in [6.07, 6.45) is 6.49. The Morgan fingerprint density at radius 1 is 1.50 bits per heavy atom. The molecule has 1 fully saturated rings. The van der Waals surface area contributed by atoms with Gasteiger partial charge in [-0.05, 0) is 38.4 Å². The lowest BCUT2D eigenvalue weighted by atomic mass is 10.2. The van der Waals surface area contributed by atoms with Crippen molar-refractivity contribution in [3.05, 3.63) is 30.6 Å². The van der Waals surface area contributed by atoms with Gasteiger partial charge in [-0.25, -0.2) is 4.98 Å². The number of likely N-dealkylation sites (N-methyl/N-ethyl adjacent to an activating group) is 1. The highest BCUT2D eigenvalue weighted by Gasteiger charge is 2.18. The predicted molar refractivity (Wildman–Crippen MR) is 74.1 cm³/mol. The van der Waals surface area contributed by atoms with Gasteiger partial charge in [-0.3, -0.25) is 4.40 Å². The smallest absolute Gasteiger partial charge is 0.138 e. The Kier molecular flexibility index (Phi) is 3.19. The minimum Gasteiger partial charge on any atom is -0.356 e. The number of fused-ring (bicyclic) bond motifs is 1. The molecule has 1 atom stereocenters. The molecular formula is C14H20N4. The first-order valence-corrected chi connectivity index (χ1v) is 6.79. The van der Waals surface area contributed by atoms with Crippen LogP contribution in [0.2, 0.25) is 0 Å². The van der Waals surface area contributed by atoms with E-state index in [1.807, 2.05) is 18.5 Å². The van der Waals surface area contributed by atoms with Crippen molar-refractivity contribution in [1.82, 2.24) is 14.7 Å². The van der Waals surface area contributed by atoms with Crippen molar-refractivity contribution in [1.29, 1.82) is 0 Å². The van der Waals surface area contributed by atoms with Gasteiger partial charge in [0.2, 0.25) is 0 Å². The van der Waals surface area contributed by atoms with Gasteiger partial charge in [0, 0.05) is 31.5 Å². The molecule has 0 spiro atoms. The number of anilines is 1. The summed E-state index contributed by atoms with van der Waals surface area (Å²) in [6, 6.07) is 6.93. The molecule has 3 rings (SSSR count). The molecule has 0 aromatic carbocycles. The number of hydrogen-bond donors (Lipinski definition) is 1. The lowest BCUT2D eigenvalue weighted by Gasteiger charge is -2.27. The summed E-state index contributed by atoms with van der Waals surface area (Å²) >= 11 is 0. The van der Waals surface area contributed by atoms with E-state index in [0.717, 1.165) is 25.3 Å². The van der Waals surface area contributed by atoms with Crippen LogP contribution in [0.15, 0.2) is 30.6 Å². The van der Waals surface area contributed by atoms with Crippen LogP contribution in [-0.2, 0) is 0 Å². The quantitative estimate of drug-likeness (QED) is 0.891. The molecule has 0 radical (unpaired) electrons. The molecule has 4 nitrogen and oxygen atoms in total. The molecule has 4 heteroatoms. The van der Waals surface area contributed by atoms with Crippen molar-refractivity contribution < 1.29 is 0 Å². The van der Waals surface area contributed by atoms with E-state index in [9.17, 15) is 0 Å². The molecule has 2 aromatic heterocycles. The molecule has 96 valence electrons. The standard InChI is InChI=1S/C14H20N4/c1-2-17(11-12-5-4-8-15-12)14-7-3-6-13-16-9-10-18(13)14/h3,6-7,9-10,12,15H,2,4-5,8,11H2,1H3. The maximum atomic E-state index is 4.35. The third-order valence-electron chi connectivity index (χ3n) is 3.72. The molecule has 1 N–H and O–H groups in total. The van der Waals surface area contributed by atoms with E-state index in [-0.39, 0.29) is 0 Å². The van der Waals surface area contributed by atoms with Gasteiger partial charge >= 0.3 is 0 Å². The van der Waals surface area contributed by atoms with E-state index in [4.69, 9.17) is 0 Å². The third kappa shape index (κ3) is 2.08. The van der Waals surface area contributed by atoms with Crippen LogP contribution in [0.25, 0.3) is 5.65 Å². The number of nitrogens with zero attached hydrogens (tertiary/aromatic N) is 3. The van der Waals surface area contributed by atoms with Gasteiger partial charge in [0.25, 0.3) is 0 Å². The number of pyridine rings is 1. The summed E-state index contributed by atoms with van der Waals surface area (Å²) in [5, 5.41) is 3.57. The number of rotatable bonds is 4. The lowest BCUT2D eigenvalue weighted by Crippen LogP contribution is -2.38. The summed E-state index contributed by atoms with van der Waals surface area (Å²) < 4.78 is 2.17. The van der Waals surface area contributed by atoms with Gasteiger partial charge in [0.05, 0.1) is 0 Å². The Labute approximate surface area is 108 Å². The van der Waals surface area contributed by atoms with Gasteiger partial charge in [-0.1, -0.05) is 6.07 Å². The monoisotopic (exact) mass is 244 g/mol. The maximum Gasteiger partial charge on any atom is 0.138 e. The molecule has 3 heterocycles. The molecule has 1 saturated heterocycles. The van der Waals surface area contributed by atoms with Crippen LogP contribution in [0.5, 0.6) is 0 Å². The summed E-state index contributed by atoms with van der Waals surface area (Å²) in [7, 11) is 0. The topological polar surface area (TPSA) is 32.6 Å². The van der Waals surface area contributed by atoms with E-state index >= 15 is 0 Å². The minimum absolute atomic E-state index is 0.628. The van der Waals surface area contributed by atoms with Crippen LogP contribution in [0, 0.1) is 0 Å². The number of hydrogen-bond acceptors (Lipinski definition) is 3. The van der Waals surface area contributed by atoms with Gasteiger partial charge in [-0.15, -0.1) is 0 Å². The lowest BCUT2D eigenvalue weighted by molar-refractivity contribution is 0.582. The molecule has 1 aliphatic rings. The first kappa shape index (κ1) is 11.5. The first-order chi connectivity index (χ1) is 8.88. The Hall–Kier alpha value is -1.55. The molecule has 0 bridgehead atoms. The van der Waals surface area contributed by atoms with Crippen molar-refractivity contribution in [3.63, 3.8) is 0 Å². The van der Waals surface area contributed by atoms with E-state index in [1.165, 1.54) is 18.7 Å². The van der Waals surface area contributed by atoms with Gasteiger partial charge in [0.15, 0.2) is 0 Å². The largest absolute Gasteiger partial charge is 0.356 e. The first-order valence-electron chi connectivity index (χ1n) is 6.79. The summed E-state index contributed by atoms with van der Waals surface area (Å²) in [4.78, 5) is 6.78. The summed E-state index contributed by atoms with van der Waals surface area (Å²) in [5.41, 5.74) is 1.02. The van der Waals surface area contributed by atoms with E-state index in [1.54, 1.807) is 0 Å². The highest BCUT2D eigenvalue weighted by atomic mass is 15.2. The Balaban J connectivity index is 1.87. The molecule has 2 aromatic rings. The number of nitrogens with one attached hydrogen (secondary N) is 1. The highest BCUT2D eigenvalue weighted by Crippen LogP contribution is 2.18. The Morgan fingerprint density at radius 3 is 3.22 bits per heavy atom. The molecule has 1 unspecified atom stereocenters. The van der Waals surface area contributed by atoms with Crippen molar-refractivity contribution in [3.8, 4) is 0 Å². The molecule has 0 aliphatic carbocycles. The Bertz CT molecular complexity index is 513. The second kappa shape index (κ2) is 4.98. The van der Waals surface area contributed by atoms with Crippen molar-refractivity contribution in [2.24, 2.45) is 0 Å². The molecule has 18 heavy (non-hydrogen) atoms. The Morgan fingerprint density at radius 2 is 2.44 bits per heavy atom. The van der Waals surface area contributed by atoms with Crippen LogP contribution >= 0.6 is 0 Å². The van der Waals surface area contributed by atoms with E-state index in [2.05, 4.69) is 38.7 Å². The van der Waals surface area contributed by atoms with Gasteiger partial charge in [-0.2, -0.15) is 0 Å². The second-order valence-electron chi connectivity index (χ2n) is 4.87. The van der Waals surface area contributed by atoms with Crippen LogP contribution in [0.1, 0.15) is 19.8 Å². The zero-order valence-corrected chi connectivity index (χ0v) is 10.8. The molecule has 0 amide bonds. The minimum atomic E-state index is 0.628. The van der Waals surface area contributed by atoms with Gasteiger partial charge < -0.3 is 10.2 Å². The van der Waals surface area contributed by atoms with Crippen molar-refractivity contribution >= 4 is 11.5 Å². The third-order valence-corrected chi connectivity index (χ3v) is 3.72. The van der Waals surface area contributed by atoms with Crippen LogP contribution < -0.4 is 10.2 Å². The number of aromatic nitrogens is 2. The SMILES string of the molecule is CCN(CC1CCCN1)c1cccc2nccn12. The summed E-state index contributed by atoms with van der Waals surface area (Å²) in [6.45, 7) is 5.48. The molecule has 0 saturated carbocycles. The fourth-order valence-corrected chi connectivity index (χ4v) is 2.75. The van der Waals surface area contributed by atoms with Crippen LogP contribution in [0.3, 0.4) is 0 Å². The molecule has 1 aliphatic heterocycles. The second-order valence-corrected chi connectivity index (χ2v) is 4.87. The summed E-state index contributed by atoms with van der Waals surface area (Å²) in [5.74, 6) is 1.24. The fourth-order valence-electron chi connectivity index (χ4n) is 2.75. The number of imidazole rings is 1. The van der Waals surface area contributed by atoms with Crippen LogP contribution in [0.4, 0.5) is 5.82 Å². The highest BCUT2D eigenvalue weighted by molar-refractivity contribution is 5.51. The average Bonchev–Trinajstić information content (AvgIpc) is 3.06. The van der Waals surface area contributed by atoms with Crippen LogP contribution in [-0.4, -0.2) is 35.1 Å². The zero-order chi connectivity index (χ0) is 12.4. The predicted octanol–water partition coefficient (Wildman–Crippen LogP) is 1.91. The van der Waals surface area contributed by atoms with Crippen molar-refractivity contribution in [2.45, 2.75) is 25.8 Å². The zero-order valence-electron chi connectivity index (χ0n) is 10.8. The van der Waals surface area contributed by atoms with Crippen molar-refractivity contribution in [2.75, 3.05) is 24.5 Å². The van der Waals surface area contributed by atoms with E-state index in [0.29, 0.717) is 6.04 Å². The molecular weight excluding hydrogens is 224 g/mol.